The zero-order valence-electron chi connectivity index (χ0n) is 16.0. The molecule has 6 nitrogen and oxygen atoms in total. The predicted octanol–water partition coefficient (Wildman–Crippen LogP) is 3.60. The summed E-state index contributed by atoms with van der Waals surface area (Å²) in [5.74, 6) is -0.160. The first-order valence-corrected chi connectivity index (χ1v) is 9.25. The van der Waals surface area contributed by atoms with Crippen molar-refractivity contribution < 1.29 is 14.4 Å². The van der Waals surface area contributed by atoms with Crippen molar-refractivity contribution in [3.05, 3.63) is 52.3 Å². The SMILES string of the molecule is CC(=O)c1c(C)[nH]c(C(=O)Nc2cccc(CN3CCCCC3=O)c2)c1C. The molecule has 0 atom stereocenters. The van der Waals surface area contributed by atoms with Crippen molar-refractivity contribution in [2.75, 3.05) is 11.9 Å². The van der Waals surface area contributed by atoms with Gasteiger partial charge < -0.3 is 15.2 Å². The van der Waals surface area contributed by atoms with Gasteiger partial charge in [-0.3, -0.25) is 14.4 Å². The van der Waals surface area contributed by atoms with Gasteiger partial charge in [-0.25, -0.2) is 0 Å². The number of hydrogen-bond donors (Lipinski definition) is 2. The number of Topliss-reactive ketones (excluding diaryl/α,β-unsaturated/α-hetero) is 1. The molecule has 1 aromatic heterocycles. The molecule has 1 aromatic carbocycles. The lowest BCUT2D eigenvalue weighted by molar-refractivity contribution is -0.133. The van der Waals surface area contributed by atoms with Gasteiger partial charge in [0.2, 0.25) is 5.91 Å². The summed E-state index contributed by atoms with van der Waals surface area (Å²) in [6.45, 7) is 6.39. The van der Waals surface area contributed by atoms with Gasteiger partial charge in [0.05, 0.1) is 0 Å². The van der Waals surface area contributed by atoms with Crippen LogP contribution in [0.25, 0.3) is 0 Å². The maximum atomic E-state index is 12.7. The number of benzene rings is 1. The molecule has 0 bridgehead atoms. The molecule has 2 amide bonds. The molecule has 142 valence electrons. The van der Waals surface area contributed by atoms with E-state index in [9.17, 15) is 14.4 Å². The molecule has 2 heterocycles. The summed E-state index contributed by atoms with van der Waals surface area (Å²) < 4.78 is 0. The normalized spacial score (nSPS) is 14.3. The first kappa shape index (κ1) is 18.9. The molecule has 0 unspecified atom stereocenters. The molecule has 0 aliphatic carbocycles. The maximum absolute atomic E-state index is 12.7. The number of aryl methyl sites for hydroxylation is 1. The summed E-state index contributed by atoms with van der Waals surface area (Å²) in [5.41, 5.74) is 3.96. The molecule has 6 heteroatoms. The van der Waals surface area contributed by atoms with Gasteiger partial charge in [-0.15, -0.1) is 0 Å². The number of piperidine rings is 1. The summed E-state index contributed by atoms with van der Waals surface area (Å²) >= 11 is 0. The van der Waals surface area contributed by atoms with Crippen LogP contribution in [0.3, 0.4) is 0 Å². The second kappa shape index (κ2) is 7.78. The number of anilines is 1. The Balaban J connectivity index is 1.74. The molecule has 1 aliphatic rings. The van der Waals surface area contributed by atoms with Crippen LogP contribution in [0, 0.1) is 13.8 Å². The zero-order chi connectivity index (χ0) is 19.6. The van der Waals surface area contributed by atoms with Crippen LogP contribution in [0.5, 0.6) is 0 Å². The molecular formula is C21H25N3O3. The fraction of sp³-hybridized carbons (Fsp3) is 0.381. The first-order chi connectivity index (χ1) is 12.9. The van der Waals surface area contributed by atoms with E-state index in [4.69, 9.17) is 0 Å². The summed E-state index contributed by atoms with van der Waals surface area (Å²) in [6.07, 6.45) is 2.61. The molecule has 27 heavy (non-hydrogen) atoms. The van der Waals surface area contributed by atoms with Gasteiger partial charge in [0.1, 0.15) is 5.69 Å². The van der Waals surface area contributed by atoms with Crippen molar-refractivity contribution in [2.45, 2.75) is 46.6 Å². The zero-order valence-corrected chi connectivity index (χ0v) is 16.0. The highest BCUT2D eigenvalue weighted by atomic mass is 16.2. The molecule has 2 aromatic rings. The van der Waals surface area contributed by atoms with Gasteiger partial charge in [0, 0.05) is 36.5 Å². The predicted molar refractivity (Wildman–Crippen MR) is 104 cm³/mol. The van der Waals surface area contributed by atoms with Gasteiger partial charge >= 0.3 is 0 Å². The first-order valence-electron chi connectivity index (χ1n) is 9.25. The smallest absolute Gasteiger partial charge is 0.272 e. The van der Waals surface area contributed by atoms with Gasteiger partial charge in [0.15, 0.2) is 5.78 Å². The van der Waals surface area contributed by atoms with Crippen LogP contribution in [0.15, 0.2) is 24.3 Å². The minimum atomic E-state index is -0.283. The molecule has 1 aliphatic heterocycles. The van der Waals surface area contributed by atoms with Crippen molar-refractivity contribution in [1.82, 2.24) is 9.88 Å². The van der Waals surface area contributed by atoms with E-state index in [1.165, 1.54) is 6.92 Å². The van der Waals surface area contributed by atoms with Gasteiger partial charge in [-0.05, 0) is 56.9 Å². The third-order valence-corrected chi connectivity index (χ3v) is 5.00. The van der Waals surface area contributed by atoms with E-state index in [0.717, 1.165) is 24.9 Å². The summed E-state index contributed by atoms with van der Waals surface area (Å²) in [4.78, 5) is 41.3. The highest BCUT2D eigenvalue weighted by molar-refractivity contribution is 6.07. The third-order valence-electron chi connectivity index (χ3n) is 5.00. The van der Waals surface area contributed by atoms with Crippen molar-refractivity contribution in [2.24, 2.45) is 0 Å². The third kappa shape index (κ3) is 4.10. The molecule has 1 saturated heterocycles. The molecule has 0 radical (unpaired) electrons. The Morgan fingerprint density at radius 2 is 2.00 bits per heavy atom. The van der Waals surface area contributed by atoms with Gasteiger partial charge in [-0.1, -0.05) is 12.1 Å². The lowest BCUT2D eigenvalue weighted by Gasteiger charge is -2.26. The number of nitrogens with one attached hydrogen (secondary N) is 2. The minimum absolute atomic E-state index is 0.0616. The quantitative estimate of drug-likeness (QED) is 0.792. The Bertz CT molecular complexity index is 898. The molecule has 3 rings (SSSR count). The van der Waals surface area contributed by atoms with E-state index in [2.05, 4.69) is 10.3 Å². The molecule has 0 saturated carbocycles. The molecular weight excluding hydrogens is 342 g/mol. The highest BCUT2D eigenvalue weighted by Gasteiger charge is 2.21. The van der Waals surface area contributed by atoms with Crippen molar-refractivity contribution in [1.29, 1.82) is 0 Å². The number of hydrogen-bond acceptors (Lipinski definition) is 3. The number of carbonyl (C=O) groups is 3. The highest BCUT2D eigenvalue weighted by Crippen LogP contribution is 2.21. The van der Waals surface area contributed by atoms with Crippen LogP contribution < -0.4 is 5.32 Å². The van der Waals surface area contributed by atoms with Gasteiger partial charge in [0.25, 0.3) is 5.91 Å². The van der Waals surface area contributed by atoms with E-state index in [1.807, 2.05) is 29.2 Å². The van der Waals surface area contributed by atoms with Crippen LogP contribution in [-0.2, 0) is 11.3 Å². The number of rotatable bonds is 5. The summed E-state index contributed by atoms with van der Waals surface area (Å²) in [6, 6.07) is 7.52. The Hall–Kier alpha value is -2.89. The minimum Gasteiger partial charge on any atom is -0.354 e. The van der Waals surface area contributed by atoms with Crippen molar-refractivity contribution in [3.63, 3.8) is 0 Å². The van der Waals surface area contributed by atoms with E-state index in [-0.39, 0.29) is 17.6 Å². The van der Waals surface area contributed by atoms with E-state index < -0.39 is 0 Å². The number of aromatic amines is 1. The topological polar surface area (TPSA) is 82.3 Å². The fourth-order valence-corrected chi connectivity index (χ4v) is 3.70. The van der Waals surface area contributed by atoms with Crippen LogP contribution in [0.2, 0.25) is 0 Å². The molecule has 2 N–H and O–H groups in total. The van der Waals surface area contributed by atoms with Crippen LogP contribution >= 0.6 is 0 Å². The van der Waals surface area contributed by atoms with Crippen molar-refractivity contribution >= 4 is 23.3 Å². The van der Waals surface area contributed by atoms with Crippen LogP contribution in [0.1, 0.15) is 63.9 Å². The average Bonchev–Trinajstić information content (AvgIpc) is 2.92. The summed E-state index contributed by atoms with van der Waals surface area (Å²) in [7, 11) is 0. The number of nitrogens with zero attached hydrogens (tertiary/aromatic N) is 1. The van der Waals surface area contributed by atoms with E-state index >= 15 is 0 Å². The average molecular weight is 367 g/mol. The Labute approximate surface area is 159 Å². The van der Waals surface area contributed by atoms with Crippen LogP contribution in [-0.4, -0.2) is 34.0 Å². The Morgan fingerprint density at radius 3 is 2.67 bits per heavy atom. The Morgan fingerprint density at radius 1 is 1.22 bits per heavy atom. The van der Waals surface area contributed by atoms with E-state index in [0.29, 0.717) is 41.2 Å². The number of aromatic nitrogens is 1. The number of ketones is 1. The lowest BCUT2D eigenvalue weighted by atomic mass is 10.1. The summed E-state index contributed by atoms with van der Waals surface area (Å²) in [5, 5.41) is 2.88. The lowest BCUT2D eigenvalue weighted by Crippen LogP contribution is -2.34. The standard InChI is InChI=1S/C21H25N3O3/c1-13-19(15(3)25)14(2)22-20(13)21(27)23-17-8-6-7-16(11-17)12-24-10-5-4-9-18(24)26/h6-8,11,22H,4-5,9-10,12H2,1-3H3,(H,23,27). The fourth-order valence-electron chi connectivity index (χ4n) is 3.70. The number of amides is 2. The maximum Gasteiger partial charge on any atom is 0.272 e. The Kier molecular flexibility index (Phi) is 5.44. The largest absolute Gasteiger partial charge is 0.354 e. The van der Waals surface area contributed by atoms with E-state index in [1.54, 1.807) is 13.8 Å². The number of H-pyrrole nitrogens is 1. The molecule has 0 spiro atoms. The second-order valence-corrected chi connectivity index (χ2v) is 7.11. The molecule has 1 fully saturated rings. The monoisotopic (exact) mass is 367 g/mol. The van der Waals surface area contributed by atoms with Crippen molar-refractivity contribution in [3.8, 4) is 0 Å². The van der Waals surface area contributed by atoms with Crippen LogP contribution in [0.4, 0.5) is 5.69 Å². The second-order valence-electron chi connectivity index (χ2n) is 7.11. The van der Waals surface area contributed by atoms with Gasteiger partial charge in [-0.2, -0.15) is 0 Å². The number of likely N-dealkylation sites (tertiary alicyclic amines) is 1. The number of carbonyl (C=O) groups excluding carboxylic acids is 3.